The van der Waals surface area contributed by atoms with Crippen molar-refractivity contribution in [2.45, 2.75) is 0 Å². The summed E-state index contributed by atoms with van der Waals surface area (Å²) in [6.45, 7) is 0. The fourth-order valence-corrected chi connectivity index (χ4v) is 1.17. The van der Waals surface area contributed by atoms with E-state index < -0.39 is 5.91 Å². The molecule has 0 fully saturated rings. The average molecular weight is 224 g/mol. The van der Waals surface area contributed by atoms with Crippen molar-refractivity contribution in [2.24, 2.45) is 5.73 Å². The number of hydrogen-bond acceptors (Lipinski definition) is 4. The van der Waals surface area contributed by atoms with Crippen molar-refractivity contribution >= 4 is 17.5 Å². The van der Waals surface area contributed by atoms with Gasteiger partial charge in [-0.3, -0.25) is 4.79 Å². The third-order valence-corrected chi connectivity index (χ3v) is 1.99. The molecule has 2 rings (SSSR count). The second-order valence-corrected chi connectivity index (χ2v) is 3.23. The van der Waals surface area contributed by atoms with Crippen molar-refractivity contribution in [1.29, 1.82) is 0 Å². The molecule has 0 aliphatic rings. The van der Waals surface area contributed by atoms with Crippen LogP contribution in [0.25, 0.3) is 11.4 Å². The van der Waals surface area contributed by atoms with E-state index >= 15 is 0 Å². The predicted molar refractivity (Wildman–Crippen MR) is 53.3 cm³/mol. The fourth-order valence-electron chi connectivity index (χ4n) is 1.04. The first-order chi connectivity index (χ1) is 7.16. The zero-order valence-corrected chi connectivity index (χ0v) is 8.23. The second kappa shape index (κ2) is 3.70. The minimum absolute atomic E-state index is 0.208. The molecule has 5 nitrogen and oxygen atoms in total. The Balaban J connectivity index is 2.37. The number of amides is 1. The van der Waals surface area contributed by atoms with Gasteiger partial charge in [-0.05, 0) is 24.3 Å². The highest BCUT2D eigenvalue weighted by atomic mass is 35.5. The highest BCUT2D eigenvalue weighted by molar-refractivity contribution is 6.30. The third-order valence-electron chi connectivity index (χ3n) is 1.74. The Morgan fingerprint density at radius 2 is 2.00 bits per heavy atom. The van der Waals surface area contributed by atoms with Gasteiger partial charge in [0.15, 0.2) is 0 Å². The summed E-state index contributed by atoms with van der Waals surface area (Å²) in [4.78, 5) is 14.5. The van der Waals surface area contributed by atoms with Crippen LogP contribution < -0.4 is 5.73 Å². The SMILES string of the molecule is NC(=O)c1nc(-c2ccc(Cl)cc2)no1. The van der Waals surface area contributed by atoms with Crippen LogP contribution in [0, 0.1) is 0 Å². The Morgan fingerprint density at radius 1 is 1.33 bits per heavy atom. The number of halogens is 1. The molecule has 2 N–H and O–H groups in total. The Hall–Kier alpha value is -1.88. The number of primary amides is 1. The smallest absolute Gasteiger partial charge is 0.316 e. The summed E-state index contributed by atoms with van der Waals surface area (Å²) in [5.74, 6) is -0.650. The number of carbonyl (C=O) groups is 1. The molecule has 0 aliphatic carbocycles. The summed E-state index contributed by atoms with van der Waals surface area (Å²) in [7, 11) is 0. The lowest BCUT2D eigenvalue weighted by Crippen LogP contribution is -2.10. The van der Waals surface area contributed by atoms with E-state index in [-0.39, 0.29) is 5.89 Å². The van der Waals surface area contributed by atoms with Crippen molar-refractivity contribution in [3.8, 4) is 11.4 Å². The average Bonchev–Trinajstić information content (AvgIpc) is 2.68. The van der Waals surface area contributed by atoms with Crippen LogP contribution in [-0.4, -0.2) is 16.0 Å². The van der Waals surface area contributed by atoms with Gasteiger partial charge in [-0.2, -0.15) is 4.98 Å². The molecule has 0 radical (unpaired) electrons. The van der Waals surface area contributed by atoms with E-state index in [2.05, 4.69) is 14.7 Å². The molecular weight excluding hydrogens is 218 g/mol. The lowest BCUT2D eigenvalue weighted by molar-refractivity contribution is 0.0958. The van der Waals surface area contributed by atoms with Gasteiger partial charge in [-0.15, -0.1) is 0 Å². The number of hydrogen-bond donors (Lipinski definition) is 1. The van der Waals surface area contributed by atoms with E-state index in [1.54, 1.807) is 24.3 Å². The van der Waals surface area contributed by atoms with Crippen LogP contribution in [0.5, 0.6) is 0 Å². The molecule has 0 unspecified atom stereocenters. The van der Waals surface area contributed by atoms with Crippen LogP contribution in [0.1, 0.15) is 10.7 Å². The van der Waals surface area contributed by atoms with E-state index in [0.717, 1.165) is 0 Å². The number of nitrogens with zero attached hydrogens (tertiary/aromatic N) is 2. The van der Waals surface area contributed by atoms with Crippen molar-refractivity contribution in [3.05, 3.63) is 35.2 Å². The lowest BCUT2D eigenvalue weighted by Gasteiger charge is -1.92. The summed E-state index contributed by atoms with van der Waals surface area (Å²) in [5.41, 5.74) is 5.68. The molecular formula is C9H6ClN3O2. The summed E-state index contributed by atoms with van der Waals surface area (Å²) >= 11 is 5.72. The maximum absolute atomic E-state index is 10.7. The normalized spacial score (nSPS) is 10.2. The molecule has 0 saturated heterocycles. The highest BCUT2D eigenvalue weighted by Crippen LogP contribution is 2.18. The Kier molecular flexibility index (Phi) is 2.39. The minimum atomic E-state index is -0.747. The zero-order valence-electron chi connectivity index (χ0n) is 7.48. The maximum atomic E-state index is 10.7. The minimum Gasteiger partial charge on any atom is -0.361 e. The monoisotopic (exact) mass is 223 g/mol. The predicted octanol–water partition coefficient (Wildman–Crippen LogP) is 1.49. The van der Waals surface area contributed by atoms with Crippen LogP contribution >= 0.6 is 11.6 Å². The van der Waals surface area contributed by atoms with Crippen molar-refractivity contribution in [3.63, 3.8) is 0 Å². The topological polar surface area (TPSA) is 82.0 Å². The van der Waals surface area contributed by atoms with Gasteiger partial charge in [0, 0.05) is 10.6 Å². The maximum Gasteiger partial charge on any atom is 0.316 e. The van der Waals surface area contributed by atoms with Gasteiger partial charge in [-0.25, -0.2) is 0 Å². The number of benzene rings is 1. The molecule has 0 atom stereocenters. The van der Waals surface area contributed by atoms with Crippen molar-refractivity contribution < 1.29 is 9.32 Å². The first-order valence-electron chi connectivity index (χ1n) is 4.06. The van der Waals surface area contributed by atoms with Crippen molar-refractivity contribution in [1.82, 2.24) is 10.1 Å². The molecule has 2 aromatic rings. The first kappa shape index (κ1) is 9.67. The van der Waals surface area contributed by atoms with E-state index in [9.17, 15) is 4.79 Å². The van der Waals surface area contributed by atoms with Gasteiger partial charge in [0.05, 0.1) is 0 Å². The molecule has 15 heavy (non-hydrogen) atoms. The Morgan fingerprint density at radius 3 is 2.53 bits per heavy atom. The van der Waals surface area contributed by atoms with Crippen LogP contribution in [-0.2, 0) is 0 Å². The summed E-state index contributed by atoms with van der Waals surface area (Å²) < 4.78 is 4.64. The number of aromatic nitrogens is 2. The molecule has 1 aromatic heterocycles. The van der Waals surface area contributed by atoms with Gasteiger partial charge in [0.2, 0.25) is 5.82 Å². The van der Waals surface area contributed by atoms with Crippen LogP contribution in [0.4, 0.5) is 0 Å². The molecule has 1 amide bonds. The molecule has 1 aromatic carbocycles. The van der Waals surface area contributed by atoms with Crippen molar-refractivity contribution in [2.75, 3.05) is 0 Å². The first-order valence-corrected chi connectivity index (χ1v) is 4.44. The number of rotatable bonds is 2. The summed E-state index contributed by atoms with van der Waals surface area (Å²) in [6, 6.07) is 6.82. The van der Waals surface area contributed by atoms with Gasteiger partial charge in [0.25, 0.3) is 0 Å². The quantitative estimate of drug-likeness (QED) is 0.836. The fraction of sp³-hybridized carbons (Fsp3) is 0. The van der Waals surface area contributed by atoms with Gasteiger partial charge < -0.3 is 10.3 Å². The van der Waals surface area contributed by atoms with Crippen LogP contribution in [0.3, 0.4) is 0 Å². The third kappa shape index (κ3) is 1.97. The lowest BCUT2D eigenvalue weighted by atomic mass is 10.2. The van der Waals surface area contributed by atoms with E-state index in [1.165, 1.54) is 0 Å². The van der Waals surface area contributed by atoms with E-state index in [4.69, 9.17) is 17.3 Å². The highest BCUT2D eigenvalue weighted by Gasteiger charge is 2.12. The Bertz CT molecular complexity index is 492. The summed E-state index contributed by atoms with van der Waals surface area (Å²) in [5, 5.41) is 4.22. The van der Waals surface area contributed by atoms with E-state index in [0.29, 0.717) is 16.4 Å². The van der Waals surface area contributed by atoms with Gasteiger partial charge >= 0.3 is 11.8 Å². The number of carbonyl (C=O) groups excluding carboxylic acids is 1. The molecule has 0 aliphatic heterocycles. The summed E-state index contributed by atoms with van der Waals surface area (Å²) in [6.07, 6.45) is 0. The number of nitrogens with two attached hydrogens (primary N) is 1. The van der Waals surface area contributed by atoms with Gasteiger partial charge in [0.1, 0.15) is 0 Å². The van der Waals surface area contributed by atoms with E-state index in [1.807, 2.05) is 0 Å². The standard InChI is InChI=1S/C9H6ClN3O2/c10-6-3-1-5(2-4-6)8-12-9(7(11)14)15-13-8/h1-4H,(H2,11,14). The molecule has 76 valence electrons. The van der Waals surface area contributed by atoms with Crippen LogP contribution in [0.2, 0.25) is 5.02 Å². The molecule has 0 saturated carbocycles. The Labute approximate surface area is 89.8 Å². The largest absolute Gasteiger partial charge is 0.361 e. The molecule has 1 heterocycles. The molecule has 0 bridgehead atoms. The molecule has 0 spiro atoms. The van der Waals surface area contributed by atoms with Gasteiger partial charge in [-0.1, -0.05) is 16.8 Å². The molecule has 6 heteroatoms. The van der Waals surface area contributed by atoms with Crippen LogP contribution in [0.15, 0.2) is 28.8 Å². The zero-order chi connectivity index (χ0) is 10.8. The second-order valence-electron chi connectivity index (χ2n) is 2.79.